The fourth-order valence-corrected chi connectivity index (χ4v) is 2.45. The number of aromatic nitrogens is 1. The van der Waals surface area contributed by atoms with E-state index < -0.39 is 0 Å². The standard InChI is InChI=1S/C14H16BrN3O/c1-19-11-4-5-13(15)12(8-11)14(18-16)7-10-3-2-6-17-9-10/h2-6,8-9,14,18H,7,16H2,1H3. The van der Waals surface area contributed by atoms with Gasteiger partial charge in [0.15, 0.2) is 0 Å². The molecule has 1 heterocycles. The quantitative estimate of drug-likeness (QED) is 0.656. The summed E-state index contributed by atoms with van der Waals surface area (Å²) in [6.07, 6.45) is 4.37. The Hall–Kier alpha value is -1.43. The number of hydrogen-bond donors (Lipinski definition) is 2. The van der Waals surface area contributed by atoms with Crippen molar-refractivity contribution < 1.29 is 4.74 Å². The molecule has 4 nitrogen and oxygen atoms in total. The number of hydrogen-bond acceptors (Lipinski definition) is 4. The number of nitrogens with one attached hydrogen (secondary N) is 1. The fourth-order valence-electron chi connectivity index (χ4n) is 1.93. The van der Waals surface area contributed by atoms with Crippen molar-refractivity contribution in [1.29, 1.82) is 0 Å². The van der Waals surface area contributed by atoms with E-state index in [1.165, 1.54) is 0 Å². The van der Waals surface area contributed by atoms with Crippen molar-refractivity contribution in [3.63, 3.8) is 0 Å². The van der Waals surface area contributed by atoms with Gasteiger partial charge in [0.1, 0.15) is 5.75 Å². The van der Waals surface area contributed by atoms with Crippen LogP contribution in [0.15, 0.2) is 47.2 Å². The molecule has 0 saturated heterocycles. The summed E-state index contributed by atoms with van der Waals surface area (Å²) < 4.78 is 6.25. The lowest BCUT2D eigenvalue weighted by atomic mass is 10.0. The number of benzene rings is 1. The molecule has 0 saturated carbocycles. The van der Waals surface area contributed by atoms with Crippen LogP contribution in [0.2, 0.25) is 0 Å². The molecular formula is C14H16BrN3O. The molecule has 2 rings (SSSR count). The van der Waals surface area contributed by atoms with Gasteiger partial charge in [-0.25, -0.2) is 0 Å². The van der Waals surface area contributed by atoms with E-state index in [-0.39, 0.29) is 6.04 Å². The van der Waals surface area contributed by atoms with Crippen LogP contribution >= 0.6 is 15.9 Å². The Morgan fingerprint density at radius 1 is 1.42 bits per heavy atom. The fraction of sp³-hybridized carbons (Fsp3) is 0.214. The van der Waals surface area contributed by atoms with Crippen LogP contribution in [0.4, 0.5) is 0 Å². The summed E-state index contributed by atoms with van der Waals surface area (Å²) in [6, 6.07) is 9.79. The largest absolute Gasteiger partial charge is 0.497 e. The zero-order valence-corrected chi connectivity index (χ0v) is 12.2. The van der Waals surface area contributed by atoms with Gasteiger partial charge in [-0.1, -0.05) is 22.0 Å². The van der Waals surface area contributed by atoms with Crippen LogP contribution in [0.3, 0.4) is 0 Å². The molecule has 0 fully saturated rings. The van der Waals surface area contributed by atoms with Gasteiger partial charge in [0.2, 0.25) is 0 Å². The van der Waals surface area contributed by atoms with Crippen LogP contribution in [0.1, 0.15) is 17.2 Å². The Bertz CT molecular complexity index is 533. The van der Waals surface area contributed by atoms with Crippen LogP contribution in [0, 0.1) is 0 Å². The zero-order valence-electron chi connectivity index (χ0n) is 10.6. The molecule has 0 aliphatic heterocycles. The molecule has 0 amide bonds. The average Bonchev–Trinajstić information content (AvgIpc) is 2.47. The van der Waals surface area contributed by atoms with E-state index in [2.05, 4.69) is 26.3 Å². The Morgan fingerprint density at radius 3 is 2.89 bits per heavy atom. The van der Waals surface area contributed by atoms with Gasteiger partial charge in [-0.05, 0) is 41.8 Å². The summed E-state index contributed by atoms with van der Waals surface area (Å²) in [6.45, 7) is 0. The minimum Gasteiger partial charge on any atom is -0.497 e. The molecule has 2 aromatic rings. The summed E-state index contributed by atoms with van der Waals surface area (Å²) in [5.74, 6) is 6.49. The lowest BCUT2D eigenvalue weighted by Crippen LogP contribution is -2.29. The number of nitrogens with zero attached hydrogens (tertiary/aromatic N) is 1. The minimum absolute atomic E-state index is 0.00586. The van der Waals surface area contributed by atoms with Gasteiger partial charge in [-0.3, -0.25) is 16.3 Å². The molecule has 3 N–H and O–H groups in total. The molecule has 1 atom stereocenters. The van der Waals surface area contributed by atoms with Crippen molar-refractivity contribution in [3.05, 3.63) is 58.3 Å². The Kier molecular flexibility index (Phi) is 4.90. The van der Waals surface area contributed by atoms with Gasteiger partial charge < -0.3 is 4.74 Å². The Morgan fingerprint density at radius 2 is 2.26 bits per heavy atom. The van der Waals surface area contributed by atoms with Gasteiger partial charge in [-0.15, -0.1) is 0 Å². The summed E-state index contributed by atoms with van der Waals surface area (Å²) >= 11 is 3.55. The second-order valence-corrected chi connectivity index (χ2v) is 5.03. The number of nitrogens with two attached hydrogens (primary N) is 1. The van der Waals surface area contributed by atoms with E-state index >= 15 is 0 Å². The molecule has 0 aliphatic rings. The van der Waals surface area contributed by atoms with Gasteiger partial charge in [0.05, 0.1) is 13.2 Å². The lowest BCUT2D eigenvalue weighted by molar-refractivity contribution is 0.412. The average molecular weight is 322 g/mol. The van der Waals surface area contributed by atoms with E-state index in [4.69, 9.17) is 10.6 Å². The van der Waals surface area contributed by atoms with Gasteiger partial charge in [-0.2, -0.15) is 0 Å². The predicted molar refractivity (Wildman–Crippen MR) is 78.7 cm³/mol. The maximum atomic E-state index is 5.68. The van der Waals surface area contributed by atoms with Crippen LogP contribution in [-0.2, 0) is 6.42 Å². The second-order valence-electron chi connectivity index (χ2n) is 4.17. The summed E-state index contributed by atoms with van der Waals surface area (Å²) in [5.41, 5.74) is 5.03. The van der Waals surface area contributed by atoms with E-state index in [1.54, 1.807) is 13.3 Å². The maximum Gasteiger partial charge on any atom is 0.119 e. The SMILES string of the molecule is COc1ccc(Br)c(C(Cc2cccnc2)NN)c1. The first-order valence-electron chi connectivity index (χ1n) is 5.93. The molecular weight excluding hydrogens is 306 g/mol. The summed E-state index contributed by atoms with van der Waals surface area (Å²) in [7, 11) is 1.65. The Balaban J connectivity index is 2.26. The van der Waals surface area contributed by atoms with Crippen LogP contribution in [0.5, 0.6) is 5.75 Å². The molecule has 0 spiro atoms. The van der Waals surface area contributed by atoms with Crippen LogP contribution in [0.25, 0.3) is 0 Å². The molecule has 0 radical (unpaired) electrons. The predicted octanol–water partition coefficient (Wildman–Crippen LogP) is 2.60. The second kappa shape index (κ2) is 6.65. The van der Waals surface area contributed by atoms with Crippen molar-refractivity contribution in [3.8, 4) is 5.75 Å². The molecule has 1 aromatic carbocycles. The summed E-state index contributed by atoms with van der Waals surface area (Å²) in [4.78, 5) is 4.12. The van der Waals surface area contributed by atoms with Crippen molar-refractivity contribution in [2.45, 2.75) is 12.5 Å². The lowest BCUT2D eigenvalue weighted by Gasteiger charge is -2.18. The van der Waals surface area contributed by atoms with Crippen molar-refractivity contribution in [1.82, 2.24) is 10.4 Å². The number of ether oxygens (including phenoxy) is 1. The molecule has 1 aromatic heterocycles. The number of halogens is 1. The molecule has 19 heavy (non-hydrogen) atoms. The number of rotatable bonds is 5. The first-order valence-corrected chi connectivity index (χ1v) is 6.72. The highest BCUT2D eigenvalue weighted by atomic mass is 79.9. The third-order valence-electron chi connectivity index (χ3n) is 2.94. The van der Waals surface area contributed by atoms with Crippen LogP contribution in [-0.4, -0.2) is 12.1 Å². The van der Waals surface area contributed by atoms with E-state index in [9.17, 15) is 0 Å². The number of methoxy groups -OCH3 is 1. The van der Waals surface area contributed by atoms with E-state index in [0.29, 0.717) is 0 Å². The maximum absolute atomic E-state index is 5.68. The van der Waals surface area contributed by atoms with Gasteiger partial charge in [0, 0.05) is 16.9 Å². The molecule has 0 bridgehead atoms. The Labute approximate surface area is 121 Å². The normalized spacial score (nSPS) is 12.2. The topological polar surface area (TPSA) is 60.2 Å². The minimum atomic E-state index is -0.00586. The smallest absolute Gasteiger partial charge is 0.119 e. The van der Waals surface area contributed by atoms with Crippen molar-refractivity contribution >= 4 is 15.9 Å². The molecule has 1 unspecified atom stereocenters. The first-order chi connectivity index (χ1) is 9.24. The first kappa shape index (κ1) is 14.0. The van der Waals surface area contributed by atoms with Crippen molar-refractivity contribution in [2.24, 2.45) is 5.84 Å². The van der Waals surface area contributed by atoms with Crippen LogP contribution < -0.4 is 16.0 Å². The van der Waals surface area contributed by atoms with Gasteiger partial charge in [0.25, 0.3) is 0 Å². The molecule has 5 heteroatoms. The number of hydrazine groups is 1. The molecule has 0 aliphatic carbocycles. The third kappa shape index (κ3) is 3.53. The van der Waals surface area contributed by atoms with Crippen molar-refractivity contribution in [2.75, 3.05) is 7.11 Å². The highest BCUT2D eigenvalue weighted by molar-refractivity contribution is 9.10. The monoisotopic (exact) mass is 321 g/mol. The van der Waals surface area contributed by atoms with Gasteiger partial charge >= 0.3 is 0 Å². The third-order valence-corrected chi connectivity index (χ3v) is 3.66. The van der Waals surface area contributed by atoms with E-state index in [1.807, 2.05) is 36.5 Å². The highest BCUT2D eigenvalue weighted by Crippen LogP contribution is 2.29. The number of pyridine rings is 1. The summed E-state index contributed by atoms with van der Waals surface area (Å²) in [5, 5.41) is 0. The highest BCUT2D eigenvalue weighted by Gasteiger charge is 2.14. The van der Waals surface area contributed by atoms with E-state index in [0.717, 1.165) is 27.8 Å². The zero-order chi connectivity index (χ0) is 13.7. The molecule has 100 valence electrons.